The average molecular weight is 458 g/mol. The van der Waals surface area contributed by atoms with Gasteiger partial charge in [0, 0.05) is 25.8 Å². The lowest BCUT2D eigenvalue weighted by molar-refractivity contribution is 0.0342. The van der Waals surface area contributed by atoms with E-state index in [0.717, 1.165) is 53.6 Å². The van der Waals surface area contributed by atoms with Crippen LogP contribution < -0.4 is 4.74 Å². The van der Waals surface area contributed by atoms with Crippen molar-refractivity contribution in [1.29, 1.82) is 5.26 Å². The molecule has 2 aromatic heterocycles. The van der Waals surface area contributed by atoms with Crippen molar-refractivity contribution in [2.24, 2.45) is 0 Å². The maximum atomic E-state index is 9.81. The molecule has 0 aliphatic carbocycles. The number of rotatable bonds is 7. The first kappa shape index (κ1) is 21.5. The summed E-state index contributed by atoms with van der Waals surface area (Å²) < 4.78 is 12.3. The zero-order valence-electron chi connectivity index (χ0n) is 18.1. The number of aromatic nitrogens is 3. The summed E-state index contributed by atoms with van der Waals surface area (Å²) >= 11 is 1.51. The Labute approximate surface area is 196 Å². The first-order valence-corrected chi connectivity index (χ1v) is 11.7. The molecule has 5 rings (SSSR count). The van der Waals surface area contributed by atoms with Crippen LogP contribution >= 0.6 is 11.3 Å². The highest BCUT2D eigenvalue weighted by Gasteiger charge is 2.20. The highest BCUT2D eigenvalue weighted by atomic mass is 32.1. The molecule has 0 spiro atoms. The maximum absolute atomic E-state index is 9.81. The minimum atomic E-state index is -0.563. The minimum absolute atomic E-state index is 0.256. The number of ether oxygens (including phenoxy) is 2. The van der Waals surface area contributed by atoms with Gasteiger partial charge in [0.05, 0.1) is 35.2 Å². The molecular weight excluding hydrogens is 434 g/mol. The number of para-hydroxylation sites is 1. The Morgan fingerprint density at radius 3 is 2.61 bits per heavy atom. The first-order chi connectivity index (χ1) is 16.3. The summed E-state index contributed by atoms with van der Waals surface area (Å²) in [4.78, 5) is 15.7. The summed E-state index contributed by atoms with van der Waals surface area (Å²) in [6.07, 6.45) is 1.63. The van der Waals surface area contributed by atoms with E-state index in [1.807, 2.05) is 24.3 Å². The van der Waals surface area contributed by atoms with Crippen LogP contribution in [0.15, 0.2) is 60.8 Å². The van der Waals surface area contributed by atoms with Gasteiger partial charge in [0.2, 0.25) is 0 Å². The Bertz CT molecular complexity index is 1230. The fourth-order valence-electron chi connectivity index (χ4n) is 3.75. The summed E-state index contributed by atoms with van der Waals surface area (Å²) in [6, 6.07) is 20.6. The normalized spacial score (nSPS) is 15.2. The second-order valence-corrected chi connectivity index (χ2v) is 8.90. The highest BCUT2D eigenvalue weighted by molar-refractivity contribution is 7.18. The second kappa shape index (κ2) is 10.0. The monoisotopic (exact) mass is 457 g/mol. The summed E-state index contributed by atoms with van der Waals surface area (Å²) in [5, 5.41) is 10.5. The number of morpholine rings is 1. The van der Waals surface area contributed by atoms with Gasteiger partial charge in [-0.25, -0.2) is 9.97 Å². The van der Waals surface area contributed by atoms with E-state index >= 15 is 0 Å². The van der Waals surface area contributed by atoms with Gasteiger partial charge in [0.1, 0.15) is 17.5 Å². The topological polar surface area (TPSA) is 84.2 Å². The molecule has 1 fully saturated rings. The molecule has 8 heteroatoms. The predicted molar refractivity (Wildman–Crippen MR) is 126 cm³/mol. The number of hydrogen-bond acceptors (Lipinski definition) is 8. The number of thiazole rings is 1. The van der Waals surface area contributed by atoms with Crippen molar-refractivity contribution < 1.29 is 9.47 Å². The first-order valence-electron chi connectivity index (χ1n) is 10.9. The standard InChI is InChI=1S/C25H23N5O2S/c26-15-20(24-28-22-3-1-2-4-23(22)33-24)21-9-10-27-25(29-21)32-17-19-7-5-18(6-8-19)16-30-11-13-31-14-12-30/h1-10,20H,11-14,16-17H2/t20-/m0/s1. The lowest BCUT2D eigenvalue weighted by atomic mass is 10.1. The molecule has 4 aromatic rings. The van der Waals surface area contributed by atoms with Gasteiger partial charge in [-0.3, -0.25) is 4.90 Å². The number of nitriles is 1. The van der Waals surface area contributed by atoms with Crippen LogP contribution in [0.25, 0.3) is 10.2 Å². The SMILES string of the molecule is N#C[C@@H](c1ccnc(OCc2ccc(CN3CCOCC3)cc2)n1)c1nc2ccccc2s1. The van der Waals surface area contributed by atoms with Crippen molar-refractivity contribution in [1.82, 2.24) is 19.9 Å². The van der Waals surface area contributed by atoms with E-state index in [9.17, 15) is 5.26 Å². The number of hydrogen-bond donors (Lipinski definition) is 0. The van der Waals surface area contributed by atoms with Crippen molar-refractivity contribution in [3.8, 4) is 12.1 Å². The van der Waals surface area contributed by atoms with Crippen molar-refractivity contribution >= 4 is 21.6 Å². The van der Waals surface area contributed by atoms with Gasteiger partial charge in [-0.2, -0.15) is 10.2 Å². The molecule has 2 aromatic carbocycles. The van der Waals surface area contributed by atoms with Crippen LogP contribution in [0.1, 0.15) is 27.7 Å². The zero-order chi connectivity index (χ0) is 22.5. The Morgan fingerprint density at radius 1 is 1.03 bits per heavy atom. The van der Waals surface area contributed by atoms with E-state index < -0.39 is 5.92 Å². The minimum Gasteiger partial charge on any atom is -0.459 e. The lowest BCUT2D eigenvalue weighted by Gasteiger charge is -2.26. The van der Waals surface area contributed by atoms with Gasteiger partial charge in [0.15, 0.2) is 0 Å². The van der Waals surface area contributed by atoms with Gasteiger partial charge in [-0.15, -0.1) is 11.3 Å². The average Bonchev–Trinajstić information content (AvgIpc) is 3.29. The summed E-state index contributed by atoms with van der Waals surface area (Å²) in [5.74, 6) is -0.563. The quantitative estimate of drug-likeness (QED) is 0.412. The highest BCUT2D eigenvalue weighted by Crippen LogP contribution is 2.31. The molecule has 1 saturated heterocycles. The molecule has 0 radical (unpaired) electrons. The van der Waals surface area contributed by atoms with Crippen molar-refractivity contribution in [2.75, 3.05) is 26.3 Å². The summed E-state index contributed by atoms with van der Waals surface area (Å²) in [7, 11) is 0. The van der Waals surface area contributed by atoms with E-state index in [2.05, 4.69) is 50.2 Å². The van der Waals surface area contributed by atoms with Crippen LogP contribution in [-0.4, -0.2) is 46.2 Å². The van der Waals surface area contributed by atoms with Gasteiger partial charge < -0.3 is 9.47 Å². The van der Waals surface area contributed by atoms with Crippen molar-refractivity contribution in [3.63, 3.8) is 0 Å². The molecule has 1 aliphatic heterocycles. The molecule has 0 unspecified atom stereocenters. The third-order valence-corrected chi connectivity index (χ3v) is 6.64. The Kier molecular flexibility index (Phi) is 6.53. The molecule has 1 aliphatic rings. The van der Waals surface area contributed by atoms with E-state index in [4.69, 9.17) is 9.47 Å². The zero-order valence-corrected chi connectivity index (χ0v) is 18.9. The van der Waals surface area contributed by atoms with Crippen LogP contribution in [0.3, 0.4) is 0 Å². The maximum Gasteiger partial charge on any atom is 0.316 e. The van der Waals surface area contributed by atoms with Crippen LogP contribution in [-0.2, 0) is 17.9 Å². The van der Waals surface area contributed by atoms with Crippen molar-refractivity contribution in [2.45, 2.75) is 19.1 Å². The Hall–Kier alpha value is -3.38. The third-order valence-electron chi connectivity index (χ3n) is 5.54. The molecule has 0 bridgehead atoms. The lowest BCUT2D eigenvalue weighted by Crippen LogP contribution is -2.35. The van der Waals surface area contributed by atoms with Crippen molar-refractivity contribution in [3.05, 3.63) is 82.6 Å². The van der Waals surface area contributed by atoms with E-state index in [0.29, 0.717) is 12.3 Å². The molecular formula is C25H23N5O2S. The molecule has 3 heterocycles. The van der Waals surface area contributed by atoms with Gasteiger partial charge in [-0.1, -0.05) is 36.4 Å². The van der Waals surface area contributed by atoms with Crippen LogP contribution in [0, 0.1) is 11.3 Å². The molecule has 33 heavy (non-hydrogen) atoms. The van der Waals surface area contributed by atoms with E-state index in [-0.39, 0.29) is 6.01 Å². The summed E-state index contributed by atoms with van der Waals surface area (Å²) in [5.41, 5.74) is 3.78. The number of fused-ring (bicyclic) bond motifs is 1. The summed E-state index contributed by atoms with van der Waals surface area (Å²) in [6.45, 7) is 4.84. The van der Waals surface area contributed by atoms with Gasteiger partial charge in [-0.05, 0) is 29.3 Å². The predicted octanol–water partition coefficient (Wildman–Crippen LogP) is 4.15. The van der Waals surface area contributed by atoms with E-state index in [1.165, 1.54) is 16.9 Å². The van der Waals surface area contributed by atoms with Crippen LogP contribution in [0.4, 0.5) is 0 Å². The molecule has 1 atom stereocenters. The number of nitrogens with zero attached hydrogens (tertiary/aromatic N) is 5. The number of benzene rings is 2. The molecule has 7 nitrogen and oxygen atoms in total. The largest absolute Gasteiger partial charge is 0.459 e. The van der Waals surface area contributed by atoms with Crippen LogP contribution in [0.2, 0.25) is 0 Å². The molecule has 166 valence electrons. The molecule has 0 N–H and O–H groups in total. The van der Waals surface area contributed by atoms with Crippen LogP contribution in [0.5, 0.6) is 6.01 Å². The van der Waals surface area contributed by atoms with Gasteiger partial charge in [0.25, 0.3) is 0 Å². The second-order valence-electron chi connectivity index (χ2n) is 7.84. The Balaban J connectivity index is 1.24. The molecule has 0 amide bonds. The molecule has 0 saturated carbocycles. The van der Waals surface area contributed by atoms with Gasteiger partial charge >= 0.3 is 6.01 Å². The third kappa shape index (κ3) is 5.17. The fraction of sp³-hybridized carbons (Fsp3) is 0.280. The Morgan fingerprint density at radius 2 is 1.82 bits per heavy atom. The smallest absolute Gasteiger partial charge is 0.316 e. The fourth-order valence-corrected chi connectivity index (χ4v) is 4.78. The van der Waals surface area contributed by atoms with E-state index in [1.54, 1.807) is 12.3 Å².